The third-order valence-electron chi connectivity index (χ3n) is 5.52. The summed E-state index contributed by atoms with van der Waals surface area (Å²) in [7, 11) is 0. The van der Waals surface area contributed by atoms with E-state index in [0.29, 0.717) is 12.4 Å². The maximum Gasteiger partial charge on any atom is 0.315 e. The van der Waals surface area contributed by atoms with Crippen LogP contribution < -0.4 is 15.4 Å². The molecular formula is C21H34N4O2. The maximum atomic E-state index is 12.2. The summed E-state index contributed by atoms with van der Waals surface area (Å²) in [6.45, 7) is 7.87. The molecule has 2 N–H and O–H groups in total. The van der Waals surface area contributed by atoms with Crippen LogP contribution in [0.2, 0.25) is 0 Å². The van der Waals surface area contributed by atoms with E-state index < -0.39 is 0 Å². The van der Waals surface area contributed by atoms with Gasteiger partial charge in [-0.2, -0.15) is 0 Å². The number of pyridine rings is 1. The molecule has 0 radical (unpaired) electrons. The van der Waals surface area contributed by atoms with E-state index in [1.807, 2.05) is 26.0 Å². The highest BCUT2D eigenvalue weighted by Crippen LogP contribution is 2.26. The van der Waals surface area contributed by atoms with Crippen molar-refractivity contribution in [2.24, 2.45) is 5.92 Å². The third kappa shape index (κ3) is 6.69. The van der Waals surface area contributed by atoms with E-state index >= 15 is 0 Å². The predicted molar refractivity (Wildman–Crippen MR) is 107 cm³/mol. The van der Waals surface area contributed by atoms with Crippen molar-refractivity contribution in [1.82, 2.24) is 20.5 Å². The summed E-state index contributed by atoms with van der Waals surface area (Å²) in [4.78, 5) is 19.0. The average Bonchev–Trinajstić information content (AvgIpc) is 3.15. The van der Waals surface area contributed by atoms with Crippen LogP contribution in [0.4, 0.5) is 4.79 Å². The van der Waals surface area contributed by atoms with Gasteiger partial charge < -0.3 is 20.3 Å². The number of nitrogens with zero attached hydrogens (tertiary/aromatic N) is 2. The normalized spacial score (nSPS) is 19.4. The van der Waals surface area contributed by atoms with Crippen LogP contribution in [0.5, 0.6) is 5.88 Å². The standard InChI is InChI=1S/C21H34N4O2/c1-16(2)27-20-8-7-18(13-22-20)14-23-21(26)24-19-9-11-25(12-10-19)15-17-5-3-4-6-17/h7-8,13,16-17,19H,3-6,9-12,14-15H2,1-2H3,(H2,23,24,26). The van der Waals surface area contributed by atoms with Crippen LogP contribution in [0.25, 0.3) is 0 Å². The topological polar surface area (TPSA) is 66.5 Å². The van der Waals surface area contributed by atoms with Crippen molar-refractivity contribution in [1.29, 1.82) is 0 Å². The van der Waals surface area contributed by atoms with Crippen LogP contribution in [-0.4, -0.2) is 47.7 Å². The van der Waals surface area contributed by atoms with Crippen molar-refractivity contribution in [2.75, 3.05) is 19.6 Å². The van der Waals surface area contributed by atoms with E-state index in [4.69, 9.17) is 4.74 Å². The molecule has 2 heterocycles. The summed E-state index contributed by atoms with van der Waals surface area (Å²) in [5.74, 6) is 1.52. The van der Waals surface area contributed by atoms with Gasteiger partial charge in [-0.3, -0.25) is 0 Å². The number of amides is 2. The van der Waals surface area contributed by atoms with Gasteiger partial charge in [0.25, 0.3) is 0 Å². The molecule has 1 aliphatic carbocycles. The average molecular weight is 375 g/mol. The van der Waals surface area contributed by atoms with Crippen LogP contribution in [-0.2, 0) is 6.54 Å². The van der Waals surface area contributed by atoms with Gasteiger partial charge >= 0.3 is 6.03 Å². The third-order valence-corrected chi connectivity index (χ3v) is 5.52. The Kier molecular flexibility index (Phi) is 7.33. The number of hydrogen-bond donors (Lipinski definition) is 2. The Hall–Kier alpha value is -1.82. The summed E-state index contributed by atoms with van der Waals surface area (Å²) in [6.07, 6.45) is 9.57. The molecule has 2 fully saturated rings. The number of nitrogens with one attached hydrogen (secondary N) is 2. The minimum Gasteiger partial charge on any atom is -0.475 e. The molecule has 27 heavy (non-hydrogen) atoms. The molecule has 6 heteroatoms. The zero-order valence-electron chi connectivity index (χ0n) is 16.7. The van der Waals surface area contributed by atoms with Gasteiger partial charge in [0.15, 0.2) is 0 Å². The minimum absolute atomic E-state index is 0.0910. The number of hydrogen-bond acceptors (Lipinski definition) is 4. The molecule has 0 aromatic carbocycles. The summed E-state index contributed by atoms with van der Waals surface area (Å²) in [5, 5.41) is 6.05. The van der Waals surface area contributed by atoms with E-state index in [2.05, 4.69) is 20.5 Å². The van der Waals surface area contributed by atoms with Crippen LogP contribution in [0.1, 0.15) is 57.9 Å². The highest BCUT2D eigenvalue weighted by molar-refractivity contribution is 5.74. The highest BCUT2D eigenvalue weighted by atomic mass is 16.5. The maximum absolute atomic E-state index is 12.2. The SMILES string of the molecule is CC(C)Oc1ccc(CNC(=O)NC2CCN(CC3CCCC3)CC2)cn1. The van der Waals surface area contributed by atoms with E-state index in [0.717, 1.165) is 37.4 Å². The van der Waals surface area contributed by atoms with Crippen LogP contribution in [0.15, 0.2) is 18.3 Å². The number of piperidine rings is 1. The largest absolute Gasteiger partial charge is 0.475 e. The Morgan fingerprint density at radius 2 is 1.96 bits per heavy atom. The molecule has 1 aromatic heterocycles. The molecular weight excluding hydrogens is 340 g/mol. The fraction of sp³-hybridized carbons (Fsp3) is 0.714. The van der Waals surface area contributed by atoms with Crippen molar-refractivity contribution >= 4 is 6.03 Å². The number of likely N-dealkylation sites (tertiary alicyclic amines) is 1. The second-order valence-corrected chi connectivity index (χ2v) is 8.22. The molecule has 150 valence electrons. The van der Waals surface area contributed by atoms with Crippen molar-refractivity contribution in [3.8, 4) is 5.88 Å². The Morgan fingerprint density at radius 3 is 2.59 bits per heavy atom. The van der Waals surface area contributed by atoms with Gasteiger partial charge in [0.2, 0.25) is 5.88 Å². The lowest BCUT2D eigenvalue weighted by molar-refractivity contribution is 0.171. The van der Waals surface area contributed by atoms with Crippen LogP contribution >= 0.6 is 0 Å². The molecule has 0 unspecified atom stereocenters. The molecule has 2 aliphatic rings. The molecule has 0 bridgehead atoms. The molecule has 3 rings (SSSR count). The van der Waals surface area contributed by atoms with E-state index in [1.165, 1.54) is 32.2 Å². The predicted octanol–water partition coefficient (Wildman–Crippen LogP) is 3.32. The monoisotopic (exact) mass is 374 g/mol. The molecule has 1 aliphatic heterocycles. The van der Waals surface area contributed by atoms with Gasteiger partial charge in [-0.25, -0.2) is 9.78 Å². The molecule has 1 saturated heterocycles. The molecule has 0 atom stereocenters. The second-order valence-electron chi connectivity index (χ2n) is 8.22. The molecule has 0 spiro atoms. The number of aromatic nitrogens is 1. The van der Waals surface area contributed by atoms with Crippen LogP contribution in [0.3, 0.4) is 0 Å². The van der Waals surface area contributed by atoms with Crippen molar-refractivity contribution in [3.05, 3.63) is 23.9 Å². The fourth-order valence-corrected chi connectivity index (χ4v) is 4.06. The van der Waals surface area contributed by atoms with Crippen molar-refractivity contribution in [3.63, 3.8) is 0 Å². The van der Waals surface area contributed by atoms with Gasteiger partial charge in [-0.15, -0.1) is 0 Å². The Bertz CT molecular complexity index is 576. The molecule has 2 amide bonds. The fourth-order valence-electron chi connectivity index (χ4n) is 4.06. The number of ether oxygens (including phenoxy) is 1. The first-order valence-corrected chi connectivity index (χ1v) is 10.5. The first-order chi connectivity index (χ1) is 13.1. The first-order valence-electron chi connectivity index (χ1n) is 10.5. The first kappa shape index (κ1) is 19.9. The summed E-state index contributed by atoms with van der Waals surface area (Å²) in [5.41, 5.74) is 0.965. The summed E-state index contributed by atoms with van der Waals surface area (Å²) < 4.78 is 5.53. The quantitative estimate of drug-likeness (QED) is 0.768. The Labute approximate surface area is 163 Å². The zero-order valence-corrected chi connectivity index (χ0v) is 16.7. The summed E-state index contributed by atoms with van der Waals surface area (Å²) in [6, 6.07) is 3.97. The van der Waals surface area contributed by atoms with E-state index in [9.17, 15) is 4.79 Å². The van der Waals surface area contributed by atoms with Gasteiger partial charge in [0.05, 0.1) is 6.10 Å². The Morgan fingerprint density at radius 1 is 1.22 bits per heavy atom. The van der Waals surface area contributed by atoms with Crippen molar-refractivity contribution < 1.29 is 9.53 Å². The van der Waals surface area contributed by atoms with Gasteiger partial charge in [0, 0.05) is 44.5 Å². The Balaban J connectivity index is 1.32. The lowest BCUT2D eigenvalue weighted by Crippen LogP contribution is -2.48. The van der Waals surface area contributed by atoms with Gasteiger partial charge in [-0.1, -0.05) is 18.9 Å². The summed E-state index contributed by atoms with van der Waals surface area (Å²) >= 11 is 0. The number of rotatable bonds is 7. The van der Waals surface area contributed by atoms with Gasteiger partial charge in [0.1, 0.15) is 0 Å². The van der Waals surface area contributed by atoms with Gasteiger partial charge in [-0.05, 0) is 51.0 Å². The lowest BCUT2D eigenvalue weighted by Gasteiger charge is -2.33. The lowest BCUT2D eigenvalue weighted by atomic mass is 10.0. The van der Waals surface area contributed by atoms with Crippen LogP contribution in [0, 0.1) is 5.92 Å². The minimum atomic E-state index is -0.0910. The number of urea groups is 1. The smallest absolute Gasteiger partial charge is 0.315 e. The number of carbonyl (C=O) groups is 1. The highest BCUT2D eigenvalue weighted by Gasteiger charge is 2.24. The zero-order chi connectivity index (χ0) is 19.1. The van der Waals surface area contributed by atoms with Crippen molar-refractivity contribution in [2.45, 2.75) is 71.1 Å². The number of carbonyl (C=O) groups excluding carboxylic acids is 1. The molecule has 1 saturated carbocycles. The molecule has 1 aromatic rings. The van der Waals surface area contributed by atoms with E-state index in [-0.39, 0.29) is 18.2 Å². The second kappa shape index (κ2) is 9.93. The van der Waals surface area contributed by atoms with E-state index in [1.54, 1.807) is 6.20 Å². The molecule has 6 nitrogen and oxygen atoms in total.